The summed E-state index contributed by atoms with van der Waals surface area (Å²) in [5.41, 5.74) is 4.61. The predicted molar refractivity (Wildman–Crippen MR) is 141 cm³/mol. The molecule has 40 heavy (non-hydrogen) atoms. The second kappa shape index (κ2) is 11.9. The molecular weight excluding hydrogens is 517 g/mol. The highest BCUT2D eigenvalue weighted by Gasteiger charge is 2.20. The quantitative estimate of drug-likeness (QED) is 0.269. The molecule has 3 heterocycles. The molecule has 12 nitrogen and oxygen atoms in total. The number of benzene rings is 2. The lowest BCUT2D eigenvalue weighted by molar-refractivity contribution is 0.0945. The summed E-state index contributed by atoms with van der Waals surface area (Å²) in [6.07, 6.45) is 6.83. The molecule has 0 aliphatic heterocycles. The number of tetrazole rings is 1. The van der Waals surface area contributed by atoms with Gasteiger partial charge in [0.25, 0.3) is 5.91 Å². The number of hydrogen-bond donors (Lipinski definition) is 1. The van der Waals surface area contributed by atoms with Gasteiger partial charge in [-0.25, -0.2) is 9.07 Å². The van der Waals surface area contributed by atoms with E-state index < -0.39 is 11.7 Å². The summed E-state index contributed by atoms with van der Waals surface area (Å²) in [7, 11) is 2.90. The molecule has 0 atom stereocenters. The topological polar surface area (TPSA) is 127 Å². The van der Waals surface area contributed by atoms with Crippen molar-refractivity contribution < 1.29 is 18.7 Å². The smallest absolute Gasteiger partial charge is 0.255 e. The van der Waals surface area contributed by atoms with Gasteiger partial charge in [0.2, 0.25) is 0 Å². The Labute approximate surface area is 229 Å². The first-order valence-electron chi connectivity index (χ1n) is 12.4. The maximum absolute atomic E-state index is 15.2. The predicted octanol–water partition coefficient (Wildman–Crippen LogP) is 2.68. The van der Waals surface area contributed by atoms with Gasteiger partial charge in [-0.3, -0.25) is 14.2 Å². The number of nitrogens with one attached hydrogen (secondary N) is 1. The van der Waals surface area contributed by atoms with Gasteiger partial charge in [-0.1, -0.05) is 24.3 Å². The van der Waals surface area contributed by atoms with E-state index in [4.69, 9.17) is 9.47 Å². The van der Waals surface area contributed by atoms with Gasteiger partial charge < -0.3 is 14.8 Å². The normalized spacial score (nSPS) is 11.1. The standard InChI is InChI=1S/C27H28FN9O3/c1-18-10-31-35(12-18)13-19-4-6-20(7-5-19)14-36-15-22(23(32-36)16-39-2)27(38)29-11-21-24(37-17-30-33-34-37)8-9-25(40-3)26(21)28/h4-10,12,15,17H,11,13-14,16H2,1-3H3,(H,29,38). The molecule has 206 valence electrons. The van der Waals surface area contributed by atoms with Gasteiger partial charge in [0, 0.05) is 31.6 Å². The van der Waals surface area contributed by atoms with Crippen LogP contribution < -0.4 is 10.1 Å². The van der Waals surface area contributed by atoms with Crippen molar-refractivity contribution in [2.45, 2.75) is 33.2 Å². The van der Waals surface area contributed by atoms with Crippen molar-refractivity contribution in [1.29, 1.82) is 0 Å². The molecule has 0 aliphatic rings. The van der Waals surface area contributed by atoms with Gasteiger partial charge in [0.1, 0.15) is 12.0 Å². The third kappa shape index (κ3) is 5.89. The van der Waals surface area contributed by atoms with Crippen LogP contribution >= 0.6 is 0 Å². The molecule has 0 aliphatic carbocycles. The molecule has 5 aromatic rings. The van der Waals surface area contributed by atoms with Crippen LogP contribution in [-0.2, 0) is 31.0 Å². The summed E-state index contributed by atoms with van der Waals surface area (Å²) in [4.78, 5) is 13.2. The van der Waals surface area contributed by atoms with E-state index in [1.807, 2.05) is 48.3 Å². The summed E-state index contributed by atoms with van der Waals surface area (Å²) < 4.78 is 30.5. The number of aromatic nitrogens is 8. The number of methoxy groups -OCH3 is 2. The van der Waals surface area contributed by atoms with Crippen molar-refractivity contribution in [3.05, 3.63) is 101 Å². The fourth-order valence-corrected chi connectivity index (χ4v) is 4.32. The maximum atomic E-state index is 15.2. The average molecular weight is 546 g/mol. The number of rotatable bonds is 11. The van der Waals surface area contributed by atoms with E-state index in [1.54, 1.807) is 16.9 Å². The van der Waals surface area contributed by atoms with Crippen LogP contribution in [0.1, 0.15) is 38.3 Å². The third-order valence-electron chi connectivity index (χ3n) is 6.26. The monoisotopic (exact) mass is 545 g/mol. The van der Waals surface area contributed by atoms with Crippen LogP contribution in [-0.4, -0.2) is 59.9 Å². The van der Waals surface area contributed by atoms with Crippen LogP contribution in [0.2, 0.25) is 0 Å². The van der Waals surface area contributed by atoms with E-state index in [-0.39, 0.29) is 24.5 Å². The first-order chi connectivity index (χ1) is 19.4. The van der Waals surface area contributed by atoms with E-state index in [0.29, 0.717) is 30.0 Å². The second-order valence-corrected chi connectivity index (χ2v) is 9.17. The largest absolute Gasteiger partial charge is 0.494 e. The Morgan fingerprint density at radius 2 is 1.77 bits per heavy atom. The Bertz CT molecular complexity index is 1590. The van der Waals surface area contributed by atoms with Crippen LogP contribution in [0.4, 0.5) is 4.39 Å². The van der Waals surface area contributed by atoms with Gasteiger partial charge >= 0.3 is 0 Å². The maximum Gasteiger partial charge on any atom is 0.255 e. The number of nitrogens with zero attached hydrogens (tertiary/aromatic N) is 8. The van der Waals surface area contributed by atoms with E-state index in [2.05, 4.69) is 31.0 Å². The zero-order valence-electron chi connectivity index (χ0n) is 22.3. The van der Waals surface area contributed by atoms with E-state index >= 15 is 4.39 Å². The van der Waals surface area contributed by atoms with Gasteiger partial charge in [-0.15, -0.1) is 5.10 Å². The molecule has 0 spiro atoms. The Kier molecular flexibility index (Phi) is 7.92. The second-order valence-electron chi connectivity index (χ2n) is 9.17. The Morgan fingerprint density at radius 1 is 1.02 bits per heavy atom. The van der Waals surface area contributed by atoms with Crippen LogP contribution in [0, 0.1) is 12.7 Å². The lowest BCUT2D eigenvalue weighted by atomic mass is 10.1. The number of aryl methyl sites for hydroxylation is 1. The molecule has 0 saturated heterocycles. The molecule has 0 saturated carbocycles. The van der Waals surface area contributed by atoms with Gasteiger partial charge in [0.15, 0.2) is 11.6 Å². The van der Waals surface area contributed by atoms with Crippen molar-refractivity contribution in [3.8, 4) is 11.4 Å². The Morgan fingerprint density at radius 3 is 2.40 bits per heavy atom. The number of halogens is 1. The van der Waals surface area contributed by atoms with Crippen molar-refractivity contribution >= 4 is 5.91 Å². The molecule has 13 heteroatoms. The Hall–Kier alpha value is -4.91. The first-order valence-corrected chi connectivity index (χ1v) is 12.4. The number of carbonyl (C=O) groups excluding carboxylic acids is 1. The molecular formula is C27H28FN9O3. The van der Waals surface area contributed by atoms with E-state index in [9.17, 15) is 4.79 Å². The first kappa shape index (κ1) is 26.7. The van der Waals surface area contributed by atoms with Gasteiger partial charge in [-0.2, -0.15) is 10.2 Å². The summed E-state index contributed by atoms with van der Waals surface area (Å²) in [6, 6.07) is 11.2. The highest BCUT2D eigenvalue weighted by Crippen LogP contribution is 2.26. The molecule has 5 rings (SSSR count). The van der Waals surface area contributed by atoms with Crippen molar-refractivity contribution in [2.24, 2.45) is 0 Å². The number of hydrogen-bond acceptors (Lipinski definition) is 8. The molecule has 0 fully saturated rings. The zero-order valence-corrected chi connectivity index (χ0v) is 22.3. The molecule has 2 aromatic carbocycles. The molecule has 0 bridgehead atoms. The SMILES string of the molecule is COCc1nn(Cc2ccc(Cn3cc(C)cn3)cc2)cc1C(=O)NCc1c(-n2cnnn2)ccc(OC)c1F. The minimum absolute atomic E-state index is 0.0414. The molecule has 1 amide bonds. The van der Waals surface area contributed by atoms with Gasteiger partial charge in [-0.05, 0) is 46.2 Å². The molecule has 0 radical (unpaired) electrons. The van der Waals surface area contributed by atoms with Crippen LogP contribution in [0.15, 0.2) is 61.3 Å². The molecule has 0 unspecified atom stereocenters. The fraction of sp³-hybridized carbons (Fsp3) is 0.259. The third-order valence-corrected chi connectivity index (χ3v) is 6.26. The Balaban J connectivity index is 1.31. The van der Waals surface area contributed by atoms with Crippen LogP contribution in [0.3, 0.4) is 0 Å². The van der Waals surface area contributed by atoms with Crippen molar-refractivity contribution in [2.75, 3.05) is 14.2 Å². The van der Waals surface area contributed by atoms with E-state index in [0.717, 1.165) is 16.7 Å². The lowest BCUT2D eigenvalue weighted by Crippen LogP contribution is -2.25. The van der Waals surface area contributed by atoms with Crippen LogP contribution in [0.5, 0.6) is 5.75 Å². The molecule has 3 aromatic heterocycles. The highest BCUT2D eigenvalue weighted by atomic mass is 19.1. The minimum Gasteiger partial charge on any atom is -0.494 e. The number of amides is 1. The minimum atomic E-state index is -0.616. The highest BCUT2D eigenvalue weighted by molar-refractivity contribution is 5.95. The summed E-state index contributed by atoms with van der Waals surface area (Å²) in [5.74, 6) is -0.998. The fourth-order valence-electron chi connectivity index (χ4n) is 4.32. The van der Waals surface area contributed by atoms with E-state index in [1.165, 1.54) is 31.3 Å². The zero-order chi connectivity index (χ0) is 28.1. The van der Waals surface area contributed by atoms with Crippen molar-refractivity contribution in [3.63, 3.8) is 0 Å². The molecule has 1 N–H and O–H groups in total. The lowest BCUT2D eigenvalue weighted by Gasteiger charge is -2.13. The number of carbonyl (C=O) groups is 1. The number of ether oxygens (including phenoxy) is 2. The summed E-state index contributed by atoms with van der Waals surface area (Å²) >= 11 is 0. The van der Waals surface area contributed by atoms with Crippen molar-refractivity contribution in [1.82, 2.24) is 45.1 Å². The summed E-state index contributed by atoms with van der Waals surface area (Å²) in [5, 5.41) is 22.7. The van der Waals surface area contributed by atoms with Crippen LogP contribution in [0.25, 0.3) is 5.69 Å². The van der Waals surface area contributed by atoms with Gasteiger partial charge in [0.05, 0.1) is 44.3 Å². The average Bonchev–Trinajstić information content (AvgIpc) is 3.71. The summed E-state index contributed by atoms with van der Waals surface area (Å²) in [6.45, 7) is 3.15.